The van der Waals surface area contributed by atoms with Gasteiger partial charge in [0.1, 0.15) is 5.82 Å². The van der Waals surface area contributed by atoms with Crippen molar-refractivity contribution in [2.24, 2.45) is 0 Å². The molecule has 1 unspecified atom stereocenters. The average Bonchev–Trinajstić information content (AvgIpc) is 2.81. The van der Waals surface area contributed by atoms with Crippen molar-refractivity contribution in [2.75, 3.05) is 18.8 Å². The fraction of sp³-hybridized carbons (Fsp3) is 0.312. The molecule has 6 heteroatoms. The van der Waals surface area contributed by atoms with Crippen LogP contribution in [0, 0.1) is 5.82 Å². The number of benzene rings is 1. The third-order valence-corrected chi connectivity index (χ3v) is 5.40. The molecule has 1 aliphatic heterocycles. The standard InChI is InChI=1S/C16H15BrFNO2S/c17-15-6-5-13(21-15)16(20)19-8-7-14(22-10-9-19)11-3-1-2-4-12(11)18/h1-6,14H,7-10H2. The van der Waals surface area contributed by atoms with E-state index in [0.717, 1.165) is 17.7 Å². The van der Waals surface area contributed by atoms with Gasteiger partial charge >= 0.3 is 0 Å². The van der Waals surface area contributed by atoms with Crippen molar-refractivity contribution in [3.8, 4) is 0 Å². The number of amides is 1. The number of halogens is 2. The molecule has 1 aliphatic rings. The lowest BCUT2D eigenvalue weighted by Crippen LogP contribution is -2.32. The minimum Gasteiger partial charge on any atom is -0.444 e. The summed E-state index contributed by atoms with van der Waals surface area (Å²) in [7, 11) is 0. The van der Waals surface area contributed by atoms with E-state index in [0.29, 0.717) is 23.5 Å². The first-order valence-electron chi connectivity index (χ1n) is 7.06. The highest BCUT2D eigenvalue weighted by atomic mass is 79.9. The lowest BCUT2D eigenvalue weighted by molar-refractivity contribution is 0.0733. The summed E-state index contributed by atoms with van der Waals surface area (Å²) in [6, 6.07) is 10.2. The Bertz CT molecular complexity index is 676. The molecule has 22 heavy (non-hydrogen) atoms. The summed E-state index contributed by atoms with van der Waals surface area (Å²) >= 11 is 4.90. The summed E-state index contributed by atoms with van der Waals surface area (Å²) in [5.41, 5.74) is 0.725. The van der Waals surface area contributed by atoms with Crippen LogP contribution in [0.4, 0.5) is 4.39 Å². The molecule has 0 N–H and O–H groups in total. The highest BCUT2D eigenvalue weighted by Gasteiger charge is 2.25. The first-order chi connectivity index (χ1) is 10.6. The normalized spacial score (nSPS) is 19.0. The Kier molecular flexibility index (Phi) is 4.88. The van der Waals surface area contributed by atoms with Crippen LogP contribution in [0.3, 0.4) is 0 Å². The van der Waals surface area contributed by atoms with Crippen molar-refractivity contribution >= 4 is 33.6 Å². The second-order valence-electron chi connectivity index (χ2n) is 5.07. The van der Waals surface area contributed by atoms with Crippen LogP contribution in [-0.4, -0.2) is 29.6 Å². The second kappa shape index (κ2) is 6.87. The molecule has 2 aromatic rings. The van der Waals surface area contributed by atoms with Gasteiger partial charge in [-0.1, -0.05) is 18.2 Å². The number of nitrogens with zero attached hydrogens (tertiary/aromatic N) is 1. The van der Waals surface area contributed by atoms with Gasteiger partial charge in [-0.15, -0.1) is 0 Å². The molecule has 0 saturated carbocycles. The maximum absolute atomic E-state index is 13.9. The van der Waals surface area contributed by atoms with Crippen molar-refractivity contribution in [2.45, 2.75) is 11.7 Å². The van der Waals surface area contributed by atoms with Crippen LogP contribution in [0.25, 0.3) is 0 Å². The van der Waals surface area contributed by atoms with E-state index in [9.17, 15) is 9.18 Å². The van der Waals surface area contributed by atoms with Crippen LogP contribution in [0.15, 0.2) is 45.5 Å². The van der Waals surface area contributed by atoms with Crippen LogP contribution in [0.1, 0.15) is 27.8 Å². The molecule has 1 atom stereocenters. The molecule has 1 aromatic heterocycles. The highest BCUT2D eigenvalue weighted by molar-refractivity contribution is 9.10. The summed E-state index contributed by atoms with van der Waals surface area (Å²) < 4.78 is 19.8. The zero-order chi connectivity index (χ0) is 15.5. The number of hydrogen-bond acceptors (Lipinski definition) is 3. The van der Waals surface area contributed by atoms with Crippen LogP contribution < -0.4 is 0 Å². The zero-order valence-corrected chi connectivity index (χ0v) is 14.2. The molecular weight excluding hydrogens is 369 g/mol. The summed E-state index contributed by atoms with van der Waals surface area (Å²) in [4.78, 5) is 14.2. The SMILES string of the molecule is O=C(c1ccc(Br)o1)N1CCSC(c2ccccc2F)CC1. The lowest BCUT2D eigenvalue weighted by atomic mass is 10.1. The first kappa shape index (κ1) is 15.6. The minimum absolute atomic E-state index is 0.0855. The van der Waals surface area contributed by atoms with Crippen molar-refractivity contribution in [3.63, 3.8) is 0 Å². The topological polar surface area (TPSA) is 33.5 Å². The molecule has 0 radical (unpaired) electrons. The Morgan fingerprint density at radius 3 is 2.82 bits per heavy atom. The number of carbonyl (C=O) groups is 1. The van der Waals surface area contributed by atoms with E-state index in [1.165, 1.54) is 6.07 Å². The Balaban J connectivity index is 1.70. The van der Waals surface area contributed by atoms with Crippen molar-refractivity contribution in [1.82, 2.24) is 4.90 Å². The minimum atomic E-state index is -0.172. The molecule has 0 bridgehead atoms. The van der Waals surface area contributed by atoms with Gasteiger partial charge in [-0.2, -0.15) is 11.8 Å². The number of thioether (sulfide) groups is 1. The molecule has 1 aromatic carbocycles. The smallest absolute Gasteiger partial charge is 0.289 e. The van der Waals surface area contributed by atoms with Gasteiger partial charge in [0, 0.05) is 29.7 Å². The quantitative estimate of drug-likeness (QED) is 0.765. The number of hydrogen-bond donors (Lipinski definition) is 0. The van der Waals surface area contributed by atoms with Gasteiger partial charge in [-0.05, 0) is 40.5 Å². The third-order valence-electron chi connectivity index (χ3n) is 3.66. The maximum atomic E-state index is 13.9. The Morgan fingerprint density at radius 1 is 1.27 bits per heavy atom. The zero-order valence-electron chi connectivity index (χ0n) is 11.8. The molecule has 1 fully saturated rings. The van der Waals surface area contributed by atoms with Gasteiger partial charge in [-0.25, -0.2) is 4.39 Å². The summed E-state index contributed by atoms with van der Waals surface area (Å²) in [6.07, 6.45) is 0.735. The van der Waals surface area contributed by atoms with Crippen LogP contribution in [-0.2, 0) is 0 Å². The van der Waals surface area contributed by atoms with E-state index in [2.05, 4.69) is 15.9 Å². The first-order valence-corrected chi connectivity index (χ1v) is 8.90. The fourth-order valence-electron chi connectivity index (χ4n) is 2.54. The lowest BCUT2D eigenvalue weighted by Gasteiger charge is -2.19. The predicted octanol–water partition coefficient (Wildman–Crippen LogP) is 4.50. The molecule has 2 heterocycles. The van der Waals surface area contributed by atoms with Gasteiger partial charge in [0.25, 0.3) is 5.91 Å². The van der Waals surface area contributed by atoms with Gasteiger partial charge < -0.3 is 9.32 Å². The molecule has 0 aliphatic carbocycles. The monoisotopic (exact) mass is 383 g/mol. The van der Waals surface area contributed by atoms with E-state index in [1.807, 2.05) is 12.1 Å². The number of carbonyl (C=O) groups excluding carboxylic acids is 1. The largest absolute Gasteiger partial charge is 0.444 e. The predicted molar refractivity (Wildman–Crippen MR) is 88.5 cm³/mol. The van der Waals surface area contributed by atoms with Gasteiger partial charge in [-0.3, -0.25) is 4.79 Å². The molecule has 116 valence electrons. The van der Waals surface area contributed by atoms with Crippen LogP contribution in [0.2, 0.25) is 0 Å². The fourth-order valence-corrected chi connectivity index (χ4v) is 4.10. The molecule has 1 saturated heterocycles. The average molecular weight is 384 g/mol. The van der Waals surface area contributed by atoms with E-state index >= 15 is 0 Å². The molecule has 1 amide bonds. The molecule has 3 rings (SSSR count). The second-order valence-corrected chi connectivity index (χ2v) is 7.16. The third kappa shape index (κ3) is 3.38. The Morgan fingerprint density at radius 2 is 2.09 bits per heavy atom. The maximum Gasteiger partial charge on any atom is 0.289 e. The van der Waals surface area contributed by atoms with Crippen molar-refractivity contribution < 1.29 is 13.6 Å². The summed E-state index contributed by atoms with van der Waals surface area (Å²) in [5, 5.41) is 0.0855. The van der Waals surface area contributed by atoms with Gasteiger partial charge in [0.2, 0.25) is 0 Å². The van der Waals surface area contributed by atoms with Gasteiger partial charge in [0.05, 0.1) is 0 Å². The van der Waals surface area contributed by atoms with E-state index in [1.54, 1.807) is 34.9 Å². The highest BCUT2D eigenvalue weighted by Crippen LogP contribution is 2.35. The Hall–Kier alpha value is -1.27. The van der Waals surface area contributed by atoms with Crippen molar-refractivity contribution in [3.05, 3.63) is 58.2 Å². The van der Waals surface area contributed by atoms with Gasteiger partial charge in [0.15, 0.2) is 10.4 Å². The van der Waals surface area contributed by atoms with Crippen LogP contribution >= 0.6 is 27.7 Å². The summed E-state index contributed by atoms with van der Waals surface area (Å²) in [5.74, 6) is 0.837. The molecule has 3 nitrogen and oxygen atoms in total. The van der Waals surface area contributed by atoms with E-state index in [-0.39, 0.29) is 17.0 Å². The van der Waals surface area contributed by atoms with E-state index < -0.39 is 0 Å². The van der Waals surface area contributed by atoms with E-state index in [4.69, 9.17) is 4.42 Å². The molecular formula is C16H15BrFNO2S. The number of furan rings is 1. The molecule has 0 spiro atoms. The van der Waals surface area contributed by atoms with Crippen LogP contribution in [0.5, 0.6) is 0 Å². The van der Waals surface area contributed by atoms with Crippen molar-refractivity contribution in [1.29, 1.82) is 0 Å². The number of rotatable bonds is 2. The summed E-state index contributed by atoms with van der Waals surface area (Å²) in [6.45, 7) is 1.25. The Labute approximate surface area is 141 Å².